The van der Waals surface area contributed by atoms with Crippen molar-refractivity contribution in [3.05, 3.63) is 0 Å². The minimum absolute atomic E-state index is 0.398. The normalized spacial score (nSPS) is 17.1. The predicted molar refractivity (Wildman–Crippen MR) is 26.3 cm³/mol. The Morgan fingerprint density at radius 3 is 2.75 bits per heavy atom. The molecule has 43 valence electrons. The van der Waals surface area contributed by atoms with Crippen molar-refractivity contribution < 1.29 is 9.53 Å². The number of cyclic esters (lactones) is 1. The van der Waals surface area contributed by atoms with E-state index in [4.69, 9.17) is 0 Å². The molecule has 8 heavy (non-hydrogen) atoms. The molecule has 0 saturated heterocycles. The third kappa shape index (κ3) is 0.776. The van der Waals surface area contributed by atoms with Crippen molar-refractivity contribution in [1.82, 2.24) is 5.43 Å². The monoisotopic (exact) mass is 113 g/mol. The molecule has 1 aliphatic heterocycles. The summed E-state index contributed by atoms with van der Waals surface area (Å²) in [7, 11) is 0. The molecule has 0 aromatic heterocycles. The lowest BCUT2D eigenvalue weighted by Gasteiger charge is -1.86. The Kier molecular flexibility index (Phi) is 1.15. The summed E-state index contributed by atoms with van der Waals surface area (Å²) in [6, 6.07) is 0. The molecule has 0 unspecified atom stereocenters. The van der Waals surface area contributed by atoms with Gasteiger partial charge in [0.05, 0.1) is 0 Å². The van der Waals surface area contributed by atoms with Crippen LogP contribution in [0.4, 0.5) is 4.79 Å². The molecule has 0 atom stereocenters. The second-order valence-electron chi connectivity index (χ2n) is 1.32. The molecular weight excluding hydrogens is 108 g/mol. The maximum absolute atomic E-state index is 10.1. The van der Waals surface area contributed by atoms with Gasteiger partial charge in [-0.05, 0) is 0 Å². The highest BCUT2D eigenvalue weighted by molar-refractivity contribution is 5.91. The Morgan fingerprint density at radius 1 is 1.75 bits per heavy atom. The van der Waals surface area contributed by atoms with Crippen molar-refractivity contribution in [3.63, 3.8) is 0 Å². The molecule has 0 spiro atoms. The zero-order chi connectivity index (χ0) is 5.98. The smallest absolute Gasteiger partial charge is 0.391 e. The zero-order valence-corrected chi connectivity index (χ0v) is 4.42. The molecule has 0 bridgehead atoms. The molecule has 0 saturated carbocycles. The number of rotatable bonds is 1. The first-order valence-corrected chi connectivity index (χ1v) is 2.32. The number of nitrogens with zero attached hydrogens (tertiary/aromatic N) is 2. The highest BCUT2D eigenvalue weighted by atomic mass is 16.6. The van der Waals surface area contributed by atoms with E-state index in [0.717, 1.165) is 0 Å². The molecule has 0 aliphatic carbocycles. The predicted octanol–water partition coefficient (Wildman–Crippen LogP) is 0.464. The van der Waals surface area contributed by atoms with Gasteiger partial charge in [-0.25, -0.2) is 4.79 Å². The SMILES string of the molecule is CCC1=N[N]C(=O)O1. The van der Waals surface area contributed by atoms with Gasteiger partial charge in [-0.3, -0.25) is 0 Å². The van der Waals surface area contributed by atoms with E-state index in [2.05, 4.69) is 15.3 Å². The van der Waals surface area contributed by atoms with Crippen LogP contribution in [0.3, 0.4) is 0 Å². The summed E-state index contributed by atoms with van der Waals surface area (Å²) in [6.07, 6.45) is 0.0109. The average Bonchev–Trinajstić information content (AvgIpc) is 2.14. The molecule has 0 aromatic carbocycles. The fourth-order valence-corrected chi connectivity index (χ4v) is 0.381. The van der Waals surface area contributed by atoms with E-state index in [-0.39, 0.29) is 0 Å². The van der Waals surface area contributed by atoms with E-state index in [1.807, 2.05) is 6.92 Å². The largest absolute Gasteiger partial charge is 0.459 e. The number of carbonyl (C=O) groups excluding carboxylic acids is 1. The van der Waals surface area contributed by atoms with Gasteiger partial charge in [0.1, 0.15) is 0 Å². The highest BCUT2D eigenvalue weighted by Crippen LogP contribution is 1.96. The van der Waals surface area contributed by atoms with E-state index in [0.29, 0.717) is 12.3 Å². The van der Waals surface area contributed by atoms with Crippen LogP contribution in [0, 0.1) is 0 Å². The minimum Gasteiger partial charge on any atom is -0.391 e. The zero-order valence-electron chi connectivity index (χ0n) is 4.42. The van der Waals surface area contributed by atoms with Gasteiger partial charge in [0.2, 0.25) is 5.90 Å². The van der Waals surface area contributed by atoms with Crippen LogP contribution >= 0.6 is 0 Å². The Hall–Kier alpha value is -1.06. The standard InChI is InChI=1S/C4H5N2O2/c1-2-3-5-6-4(7)8-3/h2H2,1H3. The van der Waals surface area contributed by atoms with Gasteiger partial charge in [-0.2, -0.15) is 0 Å². The van der Waals surface area contributed by atoms with Gasteiger partial charge in [0.25, 0.3) is 0 Å². The fourth-order valence-electron chi connectivity index (χ4n) is 0.381. The first-order chi connectivity index (χ1) is 3.83. The minimum atomic E-state index is -0.609. The van der Waals surface area contributed by atoms with Crippen molar-refractivity contribution in [2.75, 3.05) is 0 Å². The van der Waals surface area contributed by atoms with Crippen molar-refractivity contribution in [2.24, 2.45) is 5.10 Å². The summed E-state index contributed by atoms with van der Waals surface area (Å²) in [5, 5.41) is 3.41. The number of amides is 1. The molecule has 1 aliphatic rings. The van der Waals surface area contributed by atoms with Gasteiger partial charge >= 0.3 is 6.09 Å². The lowest BCUT2D eigenvalue weighted by molar-refractivity contribution is 0.204. The van der Waals surface area contributed by atoms with E-state index in [1.54, 1.807) is 0 Å². The molecule has 1 rings (SSSR count). The van der Waals surface area contributed by atoms with Crippen LogP contribution < -0.4 is 5.43 Å². The first kappa shape index (κ1) is 5.08. The second-order valence-corrected chi connectivity index (χ2v) is 1.32. The van der Waals surface area contributed by atoms with E-state index >= 15 is 0 Å². The van der Waals surface area contributed by atoms with Gasteiger partial charge < -0.3 is 4.74 Å². The molecule has 0 aromatic rings. The lowest BCUT2D eigenvalue weighted by Crippen LogP contribution is -2.03. The Labute approximate surface area is 46.5 Å². The van der Waals surface area contributed by atoms with Gasteiger partial charge in [-0.15, -0.1) is 5.10 Å². The van der Waals surface area contributed by atoms with E-state index < -0.39 is 6.09 Å². The Morgan fingerprint density at radius 2 is 2.50 bits per heavy atom. The molecule has 4 heteroatoms. The number of carbonyl (C=O) groups is 1. The van der Waals surface area contributed by atoms with Gasteiger partial charge in [0.15, 0.2) is 0 Å². The summed E-state index contributed by atoms with van der Waals surface area (Å²) >= 11 is 0. The molecule has 1 radical (unpaired) electrons. The number of ether oxygens (including phenoxy) is 1. The summed E-state index contributed by atoms with van der Waals surface area (Å²) in [6.45, 7) is 1.84. The molecule has 0 fully saturated rings. The first-order valence-electron chi connectivity index (χ1n) is 2.32. The maximum Gasteiger partial charge on any atom is 0.459 e. The Balaban J connectivity index is 2.49. The van der Waals surface area contributed by atoms with Crippen LogP contribution in [0.1, 0.15) is 13.3 Å². The van der Waals surface area contributed by atoms with Crippen LogP contribution in [-0.2, 0) is 4.74 Å². The molecule has 0 N–H and O–H groups in total. The van der Waals surface area contributed by atoms with Crippen molar-refractivity contribution >= 4 is 12.0 Å². The van der Waals surface area contributed by atoms with Crippen LogP contribution in [-0.4, -0.2) is 12.0 Å². The highest BCUT2D eigenvalue weighted by Gasteiger charge is 2.14. The number of hydrogen-bond donors (Lipinski definition) is 0. The molecular formula is C4H5N2O2. The maximum atomic E-state index is 10.1. The molecule has 1 heterocycles. The van der Waals surface area contributed by atoms with Crippen LogP contribution in [0.25, 0.3) is 0 Å². The van der Waals surface area contributed by atoms with Gasteiger partial charge in [0, 0.05) is 6.42 Å². The summed E-state index contributed by atoms with van der Waals surface area (Å²) in [4.78, 5) is 10.1. The van der Waals surface area contributed by atoms with Crippen LogP contribution in [0.5, 0.6) is 0 Å². The fraction of sp³-hybridized carbons (Fsp3) is 0.500. The molecule has 1 amide bonds. The van der Waals surface area contributed by atoms with Crippen LogP contribution in [0.15, 0.2) is 5.10 Å². The van der Waals surface area contributed by atoms with Crippen molar-refractivity contribution in [2.45, 2.75) is 13.3 Å². The third-order valence-corrected chi connectivity index (χ3v) is 0.751. The number of hydrogen-bond acceptors (Lipinski definition) is 3. The third-order valence-electron chi connectivity index (χ3n) is 0.751. The van der Waals surface area contributed by atoms with Crippen LogP contribution in [0.2, 0.25) is 0 Å². The molecule has 4 nitrogen and oxygen atoms in total. The Bertz CT molecular complexity index is 141. The van der Waals surface area contributed by atoms with Gasteiger partial charge in [-0.1, -0.05) is 12.3 Å². The average molecular weight is 113 g/mol. The summed E-state index contributed by atoms with van der Waals surface area (Å²) < 4.78 is 4.45. The van der Waals surface area contributed by atoms with E-state index in [9.17, 15) is 4.79 Å². The van der Waals surface area contributed by atoms with Crippen molar-refractivity contribution in [1.29, 1.82) is 0 Å². The van der Waals surface area contributed by atoms with Crippen molar-refractivity contribution in [3.8, 4) is 0 Å². The summed E-state index contributed by atoms with van der Waals surface area (Å²) in [5.41, 5.74) is 3.12. The van der Waals surface area contributed by atoms with E-state index in [1.165, 1.54) is 0 Å². The second kappa shape index (κ2) is 1.81. The topological polar surface area (TPSA) is 52.8 Å². The summed E-state index contributed by atoms with van der Waals surface area (Å²) in [5.74, 6) is 0.398. The lowest BCUT2D eigenvalue weighted by atomic mass is 10.5. The quantitative estimate of drug-likeness (QED) is 0.496.